The molecule has 2 aromatic rings. The highest BCUT2D eigenvalue weighted by Gasteiger charge is 2.42. The minimum Gasteiger partial charge on any atom is -0.362 e. The topological polar surface area (TPSA) is 58.2 Å². The fourth-order valence-electron chi connectivity index (χ4n) is 4.80. The molecule has 6 heteroatoms. The molecule has 2 aromatic carbocycles. The molecule has 1 heterocycles. The zero-order valence-electron chi connectivity index (χ0n) is 19.3. The summed E-state index contributed by atoms with van der Waals surface area (Å²) in [5.74, 6) is -2.67. The number of nitrogens with one attached hydrogen (secondary N) is 2. The Kier molecular flexibility index (Phi) is 5.95. The van der Waals surface area contributed by atoms with Crippen LogP contribution in [0.5, 0.6) is 0 Å². The number of ketones is 1. The predicted octanol–water partition coefficient (Wildman–Crippen LogP) is 5.77. The van der Waals surface area contributed by atoms with E-state index in [1.54, 1.807) is 6.92 Å². The van der Waals surface area contributed by atoms with Gasteiger partial charge in [-0.2, -0.15) is 0 Å². The third-order valence-corrected chi connectivity index (χ3v) is 6.38. The number of anilines is 1. The number of hydrogen-bond donors (Lipinski definition) is 2. The smallest absolute Gasteiger partial charge is 0.254 e. The van der Waals surface area contributed by atoms with Crippen molar-refractivity contribution in [2.45, 2.75) is 52.9 Å². The van der Waals surface area contributed by atoms with Crippen LogP contribution in [-0.4, -0.2) is 11.7 Å². The number of aryl methyl sites for hydroxylation is 1. The zero-order valence-corrected chi connectivity index (χ0v) is 19.3. The average Bonchev–Trinajstić information content (AvgIpc) is 2.73. The van der Waals surface area contributed by atoms with E-state index in [0.717, 1.165) is 35.4 Å². The first-order valence-corrected chi connectivity index (χ1v) is 11.2. The van der Waals surface area contributed by atoms with Crippen molar-refractivity contribution >= 4 is 17.4 Å². The van der Waals surface area contributed by atoms with Crippen LogP contribution in [0.4, 0.5) is 14.5 Å². The predicted molar refractivity (Wildman–Crippen MR) is 124 cm³/mol. The maximum atomic E-state index is 14.2. The summed E-state index contributed by atoms with van der Waals surface area (Å²) in [5.41, 5.74) is 4.08. The molecule has 4 rings (SSSR count). The van der Waals surface area contributed by atoms with Gasteiger partial charge in [0.25, 0.3) is 5.91 Å². The first kappa shape index (κ1) is 22.9. The summed E-state index contributed by atoms with van der Waals surface area (Å²) in [4.78, 5) is 26.7. The fraction of sp³-hybridized carbons (Fsp3) is 0.333. The van der Waals surface area contributed by atoms with Crippen LogP contribution in [0.2, 0.25) is 0 Å². The summed E-state index contributed by atoms with van der Waals surface area (Å²) in [6, 6.07) is 10.9. The minimum atomic E-state index is -0.857. The van der Waals surface area contributed by atoms with Gasteiger partial charge in [0.05, 0.1) is 5.69 Å². The van der Waals surface area contributed by atoms with Gasteiger partial charge in [-0.25, -0.2) is 8.78 Å². The quantitative estimate of drug-likeness (QED) is 0.622. The van der Waals surface area contributed by atoms with Crippen LogP contribution in [0.25, 0.3) is 0 Å². The molecule has 1 amide bonds. The lowest BCUT2D eigenvalue weighted by molar-refractivity contribution is -0.118. The Labute approximate surface area is 192 Å². The van der Waals surface area contributed by atoms with Crippen LogP contribution in [-0.2, 0) is 16.0 Å². The molecule has 0 radical (unpaired) electrons. The summed E-state index contributed by atoms with van der Waals surface area (Å²) in [5, 5.41) is 5.87. The van der Waals surface area contributed by atoms with Gasteiger partial charge in [-0.05, 0) is 48.4 Å². The molecule has 0 saturated carbocycles. The molecule has 172 valence electrons. The second-order valence-corrected chi connectivity index (χ2v) is 9.60. The van der Waals surface area contributed by atoms with Crippen LogP contribution in [0.3, 0.4) is 0 Å². The van der Waals surface area contributed by atoms with Crippen molar-refractivity contribution in [3.8, 4) is 0 Å². The molecule has 1 unspecified atom stereocenters. The second kappa shape index (κ2) is 8.58. The lowest BCUT2D eigenvalue weighted by atomic mass is 9.68. The number of Topliss-reactive ketones (excluding diaryl/α,β-unsaturated/α-hetero) is 1. The van der Waals surface area contributed by atoms with E-state index in [0.29, 0.717) is 29.7 Å². The molecule has 1 atom stereocenters. The zero-order chi connectivity index (χ0) is 23.9. The van der Waals surface area contributed by atoms with Crippen LogP contribution in [0, 0.1) is 17.0 Å². The summed E-state index contributed by atoms with van der Waals surface area (Å²) in [6.45, 7) is 7.96. The molecule has 0 fully saturated rings. The van der Waals surface area contributed by atoms with Crippen molar-refractivity contribution in [2.24, 2.45) is 5.41 Å². The van der Waals surface area contributed by atoms with E-state index >= 15 is 0 Å². The van der Waals surface area contributed by atoms with Crippen LogP contribution < -0.4 is 10.6 Å². The number of amides is 1. The third-order valence-electron chi connectivity index (χ3n) is 6.38. The number of halogens is 2. The van der Waals surface area contributed by atoms with Gasteiger partial charge in [0, 0.05) is 40.9 Å². The first-order chi connectivity index (χ1) is 15.6. The molecule has 0 saturated heterocycles. The van der Waals surface area contributed by atoms with Crippen molar-refractivity contribution in [3.63, 3.8) is 0 Å². The largest absolute Gasteiger partial charge is 0.362 e. The molecule has 0 aromatic heterocycles. The van der Waals surface area contributed by atoms with Gasteiger partial charge in [0.1, 0.15) is 11.6 Å². The van der Waals surface area contributed by atoms with E-state index in [2.05, 4.69) is 31.4 Å². The Morgan fingerprint density at radius 1 is 1.12 bits per heavy atom. The monoisotopic (exact) mass is 450 g/mol. The molecule has 4 nitrogen and oxygen atoms in total. The number of carbonyl (C=O) groups excluding carboxylic acids is 2. The Morgan fingerprint density at radius 3 is 2.45 bits per heavy atom. The Bertz CT molecular complexity index is 1190. The van der Waals surface area contributed by atoms with E-state index in [4.69, 9.17) is 0 Å². The molecule has 2 aliphatic rings. The van der Waals surface area contributed by atoms with Gasteiger partial charge >= 0.3 is 0 Å². The molecular weight excluding hydrogens is 422 g/mol. The fourth-order valence-corrected chi connectivity index (χ4v) is 4.80. The van der Waals surface area contributed by atoms with E-state index in [-0.39, 0.29) is 16.9 Å². The lowest BCUT2D eigenvalue weighted by Crippen LogP contribution is -2.39. The van der Waals surface area contributed by atoms with Crippen molar-refractivity contribution in [1.82, 2.24) is 5.32 Å². The SMILES string of the molecule is CCc1ccc(C2C(C(=O)Nc3ccc(F)cc3F)=C(C)NC3=C2C(=O)CC(C)(C)C3)cc1. The van der Waals surface area contributed by atoms with Crippen LogP contribution in [0.15, 0.2) is 65.0 Å². The molecule has 1 aliphatic carbocycles. The molecule has 1 aliphatic heterocycles. The van der Waals surface area contributed by atoms with Crippen molar-refractivity contribution in [3.05, 3.63) is 87.8 Å². The average molecular weight is 451 g/mol. The van der Waals surface area contributed by atoms with Crippen molar-refractivity contribution in [2.75, 3.05) is 5.32 Å². The maximum Gasteiger partial charge on any atom is 0.254 e. The highest BCUT2D eigenvalue weighted by Crippen LogP contribution is 2.46. The summed E-state index contributed by atoms with van der Waals surface area (Å²) >= 11 is 0. The number of rotatable bonds is 4. The summed E-state index contributed by atoms with van der Waals surface area (Å²) in [7, 11) is 0. The van der Waals surface area contributed by atoms with Gasteiger partial charge in [-0.15, -0.1) is 0 Å². The minimum absolute atomic E-state index is 0.00378. The molecule has 33 heavy (non-hydrogen) atoms. The molecule has 2 N–H and O–H groups in total. The van der Waals surface area contributed by atoms with Gasteiger partial charge in [0.15, 0.2) is 5.78 Å². The summed E-state index contributed by atoms with van der Waals surface area (Å²) in [6.07, 6.45) is 1.95. The van der Waals surface area contributed by atoms with E-state index in [9.17, 15) is 18.4 Å². The molecular formula is C27H28F2N2O2. The van der Waals surface area contributed by atoms with Crippen LogP contribution >= 0.6 is 0 Å². The first-order valence-electron chi connectivity index (χ1n) is 11.2. The second-order valence-electron chi connectivity index (χ2n) is 9.60. The third kappa shape index (κ3) is 4.47. The Hall–Kier alpha value is -3.28. The lowest BCUT2D eigenvalue weighted by Gasteiger charge is -2.39. The number of carbonyl (C=O) groups is 2. The van der Waals surface area contributed by atoms with Crippen molar-refractivity contribution in [1.29, 1.82) is 0 Å². The van der Waals surface area contributed by atoms with Gasteiger partial charge < -0.3 is 10.6 Å². The number of benzene rings is 2. The van der Waals surface area contributed by atoms with Gasteiger partial charge in [-0.1, -0.05) is 45.0 Å². The van der Waals surface area contributed by atoms with E-state index < -0.39 is 23.5 Å². The summed E-state index contributed by atoms with van der Waals surface area (Å²) < 4.78 is 27.6. The van der Waals surface area contributed by atoms with Crippen molar-refractivity contribution < 1.29 is 18.4 Å². The van der Waals surface area contributed by atoms with Gasteiger partial charge in [-0.3, -0.25) is 9.59 Å². The molecule has 0 bridgehead atoms. The maximum absolute atomic E-state index is 14.2. The standard InChI is InChI=1S/C27H28F2N2O2/c1-5-16-6-8-17(9-7-16)24-23(26(33)31-20-11-10-18(28)12-19(20)29)15(2)30-21-13-27(3,4)14-22(32)25(21)24/h6-12,24,30H,5,13-14H2,1-4H3,(H,31,33). The molecule has 0 spiro atoms. The highest BCUT2D eigenvalue weighted by molar-refractivity contribution is 6.10. The highest BCUT2D eigenvalue weighted by atomic mass is 19.1. The number of dihydropyridines is 1. The van der Waals surface area contributed by atoms with E-state index in [1.807, 2.05) is 24.3 Å². The Morgan fingerprint density at radius 2 is 1.82 bits per heavy atom. The number of hydrogen-bond acceptors (Lipinski definition) is 3. The van der Waals surface area contributed by atoms with Gasteiger partial charge in [0.2, 0.25) is 0 Å². The van der Waals surface area contributed by atoms with E-state index in [1.165, 1.54) is 6.07 Å². The van der Waals surface area contributed by atoms with Crippen LogP contribution in [0.1, 0.15) is 57.6 Å². The Balaban J connectivity index is 1.80. The number of allylic oxidation sites excluding steroid dienone is 3. The normalized spacial score (nSPS) is 19.8.